The second-order valence-electron chi connectivity index (χ2n) is 2.50. The molecule has 1 aromatic heterocycles. The van der Waals surface area contributed by atoms with Crippen molar-refractivity contribution in [2.24, 2.45) is 0 Å². The molecule has 0 fully saturated rings. The zero-order valence-corrected chi connectivity index (χ0v) is 6.40. The second-order valence-corrected chi connectivity index (χ2v) is 2.50. The third kappa shape index (κ3) is 1.19. The average Bonchev–Trinajstić information content (AvgIpc) is 2.54. The summed E-state index contributed by atoms with van der Waals surface area (Å²) in [7, 11) is 0. The molecule has 0 atom stereocenters. The Bertz CT molecular complexity index is 362. The molecule has 2 heteroatoms. The first-order valence-electron chi connectivity index (χ1n) is 3.70. The monoisotopic (exact) mass is 160 g/mol. The number of benzene rings is 1. The third-order valence-corrected chi connectivity index (χ3v) is 1.65. The highest BCUT2D eigenvalue weighted by molar-refractivity contribution is 5.57. The van der Waals surface area contributed by atoms with Gasteiger partial charge < -0.3 is 9.52 Å². The van der Waals surface area contributed by atoms with Gasteiger partial charge in [0.15, 0.2) is 0 Å². The maximum atomic E-state index is 8.95. The fourth-order valence-corrected chi connectivity index (χ4v) is 1.09. The van der Waals surface area contributed by atoms with Crippen molar-refractivity contribution in [1.82, 2.24) is 0 Å². The van der Waals surface area contributed by atoms with E-state index in [0.29, 0.717) is 5.76 Å². The lowest BCUT2D eigenvalue weighted by atomic mass is 10.2. The van der Waals surface area contributed by atoms with Gasteiger partial charge in [-0.25, -0.2) is 0 Å². The van der Waals surface area contributed by atoms with E-state index in [1.54, 1.807) is 6.07 Å². The highest BCUT2D eigenvalue weighted by Gasteiger charge is 2.00. The molecule has 0 aliphatic heterocycles. The summed E-state index contributed by atoms with van der Waals surface area (Å²) >= 11 is 0. The molecule has 2 rings (SSSR count). The second kappa shape index (κ2) is 2.74. The zero-order chi connectivity index (χ0) is 8.39. The van der Waals surface area contributed by atoms with Crippen LogP contribution in [-0.4, -0.2) is 5.11 Å². The molecular weight excluding hydrogens is 152 g/mol. The average molecular weight is 160 g/mol. The first-order valence-corrected chi connectivity index (χ1v) is 3.70. The van der Waals surface area contributed by atoms with Gasteiger partial charge in [0.2, 0.25) is 0 Å². The number of hydrogen-bond acceptors (Lipinski definition) is 2. The Hall–Kier alpha value is -1.70. The fourth-order valence-electron chi connectivity index (χ4n) is 1.09. The lowest BCUT2D eigenvalue weighted by Crippen LogP contribution is -1.69. The SMILES string of the molecule is Oc1ccc(-c2ccccc2)o1. The lowest BCUT2D eigenvalue weighted by Gasteiger charge is -1.93. The van der Waals surface area contributed by atoms with Gasteiger partial charge >= 0.3 is 0 Å². The Labute approximate surface area is 70.1 Å². The van der Waals surface area contributed by atoms with Crippen molar-refractivity contribution in [1.29, 1.82) is 0 Å². The van der Waals surface area contributed by atoms with Gasteiger partial charge in [-0.15, -0.1) is 0 Å². The largest absolute Gasteiger partial charge is 0.481 e. The molecule has 1 aromatic carbocycles. The van der Waals surface area contributed by atoms with Gasteiger partial charge in [0.1, 0.15) is 5.76 Å². The van der Waals surface area contributed by atoms with Gasteiger partial charge in [-0.1, -0.05) is 30.3 Å². The van der Waals surface area contributed by atoms with Gasteiger partial charge in [0.05, 0.1) is 0 Å². The van der Waals surface area contributed by atoms with Crippen molar-refractivity contribution in [3.05, 3.63) is 42.5 Å². The van der Waals surface area contributed by atoms with Crippen LogP contribution in [0.3, 0.4) is 0 Å². The van der Waals surface area contributed by atoms with Crippen molar-refractivity contribution in [2.75, 3.05) is 0 Å². The van der Waals surface area contributed by atoms with E-state index in [9.17, 15) is 0 Å². The molecule has 1 N–H and O–H groups in total. The van der Waals surface area contributed by atoms with Crippen LogP contribution in [0.15, 0.2) is 46.9 Å². The minimum Gasteiger partial charge on any atom is -0.481 e. The van der Waals surface area contributed by atoms with E-state index in [2.05, 4.69) is 0 Å². The van der Waals surface area contributed by atoms with Crippen LogP contribution >= 0.6 is 0 Å². The maximum absolute atomic E-state index is 8.95. The third-order valence-electron chi connectivity index (χ3n) is 1.65. The summed E-state index contributed by atoms with van der Waals surface area (Å²) in [5, 5.41) is 8.95. The standard InChI is InChI=1S/C10H8O2/c11-10-7-6-9(12-10)8-4-2-1-3-5-8/h1-7,11H. The van der Waals surface area contributed by atoms with Crippen LogP contribution in [0, 0.1) is 0 Å². The summed E-state index contributed by atoms with van der Waals surface area (Å²) in [4.78, 5) is 0. The van der Waals surface area contributed by atoms with Gasteiger partial charge in [-0.2, -0.15) is 0 Å². The Morgan fingerprint density at radius 2 is 1.67 bits per heavy atom. The van der Waals surface area contributed by atoms with E-state index in [4.69, 9.17) is 9.52 Å². The molecule has 0 radical (unpaired) electrons. The van der Waals surface area contributed by atoms with Crippen LogP contribution < -0.4 is 0 Å². The van der Waals surface area contributed by atoms with Crippen molar-refractivity contribution < 1.29 is 9.52 Å². The summed E-state index contributed by atoms with van der Waals surface area (Å²) in [5.74, 6) is 0.641. The molecule has 2 aromatic rings. The van der Waals surface area contributed by atoms with Crippen LogP contribution in [-0.2, 0) is 0 Å². The highest BCUT2D eigenvalue weighted by atomic mass is 16.5. The van der Waals surface area contributed by atoms with Gasteiger partial charge in [-0.3, -0.25) is 0 Å². The van der Waals surface area contributed by atoms with Crippen LogP contribution in [0.1, 0.15) is 0 Å². The molecule has 0 spiro atoms. The van der Waals surface area contributed by atoms with E-state index in [-0.39, 0.29) is 5.95 Å². The normalized spacial score (nSPS) is 10.0. The van der Waals surface area contributed by atoms with E-state index < -0.39 is 0 Å². The molecule has 0 aliphatic carbocycles. The van der Waals surface area contributed by atoms with Crippen molar-refractivity contribution in [2.45, 2.75) is 0 Å². The Morgan fingerprint density at radius 1 is 0.917 bits per heavy atom. The highest BCUT2D eigenvalue weighted by Crippen LogP contribution is 2.24. The number of furan rings is 1. The van der Waals surface area contributed by atoms with Crippen LogP contribution in [0.4, 0.5) is 0 Å². The van der Waals surface area contributed by atoms with Crippen molar-refractivity contribution in [3.8, 4) is 17.3 Å². The van der Waals surface area contributed by atoms with Gasteiger partial charge in [-0.05, 0) is 6.07 Å². The molecule has 0 saturated heterocycles. The molecule has 0 bridgehead atoms. The summed E-state index contributed by atoms with van der Waals surface area (Å²) in [6, 6.07) is 12.9. The van der Waals surface area contributed by atoms with Crippen molar-refractivity contribution >= 4 is 0 Å². The molecule has 2 nitrogen and oxygen atoms in total. The number of rotatable bonds is 1. The summed E-state index contributed by atoms with van der Waals surface area (Å²) in [6.45, 7) is 0. The minimum atomic E-state index is -0.0474. The van der Waals surface area contributed by atoms with E-state index in [1.165, 1.54) is 6.07 Å². The Kier molecular flexibility index (Phi) is 1.59. The first kappa shape index (κ1) is 6.98. The smallest absolute Gasteiger partial charge is 0.282 e. The zero-order valence-electron chi connectivity index (χ0n) is 6.40. The topological polar surface area (TPSA) is 33.4 Å². The Balaban J connectivity index is 2.45. The summed E-state index contributed by atoms with van der Waals surface area (Å²) in [5.41, 5.74) is 0.970. The van der Waals surface area contributed by atoms with E-state index in [1.807, 2.05) is 30.3 Å². The maximum Gasteiger partial charge on any atom is 0.282 e. The van der Waals surface area contributed by atoms with Gasteiger partial charge in [0, 0.05) is 11.6 Å². The number of aromatic hydroxyl groups is 1. The molecular formula is C10H8O2. The minimum absolute atomic E-state index is 0.0474. The molecule has 0 amide bonds. The van der Waals surface area contributed by atoms with Gasteiger partial charge in [0.25, 0.3) is 5.95 Å². The molecule has 12 heavy (non-hydrogen) atoms. The Morgan fingerprint density at radius 3 is 2.25 bits per heavy atom. The van der Waals surface area contributed by atoms with Crippen LogP contribution in [0.2, 0.25) is 0 Å². The fraction of sp³-hybridized carbons (Fsp3) is 0. The van der Waals surface area contributed by atoms with Crippen LogP contribution in [0.5, 0.6) is 5.95 Å². The predicted molar refractivity (Wildman–Crippen MR) is 45.8 cm³/mol. The van der Waals surface area contributed by atoms with E-state index in [0.717, 1.165) is 5.56 Å². The number of hydrogen-bond donors (Lipinski definition) is 1. The first-order chi connectivity index (χ1) is 5.86. The molecule has 0 saturated carbocycles. The van der Waals surface area contributed by atoms with Crippen LogP contribution in [0.25, 0.3) is 11.3 Å². The summed E-state index contributed by atoms with van der Waals surface area (Å²) in [6.07, 6.45) is 0. The quantitative estimate of drug-likeness (QED) is 0.695. The molecule has 1 heterocycles. The molecule has 60 valence electrons. The summed E-state index contributed by atoms with van der Waals surface area (Å²) < 4.78 is 5.03. The van der Waals surface area contributed by atoms with Crippen molar-refractivity contribution in [3.63, 3.8) is 0 Å². The molecule has 0 aliphatic rings. The molecule has 0 unspecified atom stereocenters. The lowest BCUT2D eigenvalue weighted by molar-refractivity contribution is 0.338. The predicted octanol–water partition coefficient (Wildman–Crippen LogP) is 2.65. The van der Waals surface area contributed by atoms with E-state index >= 15 is 0 Å².